The van der Waals surface area contributed by atoms with E-state index in [1.807, 2.05) is 19.0 Å². The van der Waals surface area contributed by atoms with Gasteiger partial charge in [-0.2, -0.15) is 0 Å². The van der Waals surface area contributed by atoms with Crippen molar-refractivity contribution < 1.29 is 19.4 Å². The molecule has 0 bridgehead atoms. The van der Waals surface area contributed by atoms with Crippen LogP contribution in [0.5, 0.6) is 5.75 Å². The molecule has 0 saturated carbocycles. The fourth-order valence-corrected chi connectivity index (χ4v) is 2.03. The van der Waals surface area contributed by atoms with E-state index >= 15 is 0 Å². The molecule has 1 unspecified atom stereocenters. The summed E-state index contributed by atoms with van der Waals surface area (Å²) in [6.07, 6.45) is 0.115. The Morgan fingerprint density at radius 2 is 2.22 bits per heavy atom. The number of carboxylic acid groups (broad SMARTS) is 1. The van der Waals surface area contributed by atoms with Crippen molar-refractivity contribution in [3.63, 3.8) is 0 Å². The van der Waals surface area contributed by atoms with E-state index in [9.17, 15) is 9.59 Å². The third-order valence-electron chi connectivity index (χ3n) is 2.80. The topological polar surface area (TPSA) is 66.8 Å². The summed E-state index contributed by atoms with van der Waals surface area (Å²) >= 11 is 0. The normalized spacial score (nSPS) is 18.4. The van der Waals surface area contributed by atoms with Crippen LogP contribution in [0.25, 0.3) is 0 Å². The van der Waals surface area contributed by atoms with Gasteiger partial charge >= 0.3 is 5.97 Å². The Bertz CT molecular complexity index is 496. The van der Waals surface area contributed by atoms with E-state index in [2.05, 4.69) is 0 Å². The van der Waals surface area contributed by atoms with Gasteiger partial charge in [-0.15, -0.1) is 0 Å². The van der Waals surface area contributed by atoms with Gasteiger partial charge in [0, 0.05) is 13.0 Å². The third-order valence-corrected chi connectivity index (χ3v) is 2.80. The number of likely N-dealkylation sites (N-methyl/N-ethyl adjacent to an activating group) is 1. The second-order valence-corrected chi connectivity index (χ2v) is 4.65. The largest absolute Gasteiger partial charge is 0.488 e. The molecule has 1 aliphatic heterocycles. The lowest BCUT2D eigenvalue weighted by Gasteiger charge is -2.27. The number of ether oxygens (including phenoxy) is 1. The predicted octanol–water partition coefficient (Wildman–Crippen LogP) is 1.28. The van der Waals surface area contributed by atoms with Crippen LogP contribution in [-0.4, -0.2) is 48.5 Å². The van der Waals surface area contributed by atoms with Crippen molar-refractivity contribution in [3.8, 4) is 5.75 Å². The molecule has 0 fully saturated rings. The standard InChI is InChI=1S/C13H15NO4/c1-14(2)7-9-6-11(15)10-5-8(13(16)17)3-4-12(10)18-9/h3-5,9H,6-7H2,1-2H3,(H,16,17). The Labute approximate surface area is 105 Å². The minimum Gasteiger partial charge on any atom is -0.488 e. The van der Waals surface area contributed by atoms with Crippen molar-refractivity contribution >= 4 is 11.8 Å². The van der Waals surface area contributed by atoms with Gasteiger partial charge in [0.15, 0.2) is 5.78 Å². The molecule has 0 spiro atoms. The Kier molecular flexibility index (Phi) is 3.34. The average Bonchev–Trinajstić information content (AvgIpc) is 2.27. The molecule has 1 aliphatic rings. The van der Waals surface area contributed by atoms with E-state index < -0.39 is 5.97 Å². The molecule has 5 nitrogen and oxygen atoms in total. The zero-order valence-electron chi connectivity index (χ0n) is 10.3. The van der Waals surface area contributed by atoms with Crippen LogP contribution >= 0.6 is 0 Å². The quantitative estimate of drug-likeness (QED) is 0.874. The Morgan fingerprint density at radius 3 is 2.83 bits per heavy atom. The second kappa shape index (κ2) is 4.78. The Balaban J connectivity index is 2.27. The molecule has 1 atom stereocenters. The number of carboxylic acids is 1. The zero-order valence-corrected chi connectivity index (χ0v) is 10.3. The van der Waals surface area contributed by atoms with E-state index in [1.54, 1.807) is 6.07 Å². The number of aromatic carboxylic acids is 1. The molecule has 1 heterocycles. The van der Waals surface area contributed by atoms with Crippen molar-refractivity contribution in [2.24, 2.45) is 0 Å². The van der Waals surface area contributed by atoms with Gasteiger partial charge in [0.05, 0.1) is 11.1 Å². The Hall–Kier alpha value is -1.88. The summed E-state index contributed by atoms with van der Waals surface area (Å²) < 4.78 is 5.69. The van der Waals surface area contributed by atoms with Crippen molar-refractivity contribution in [1.29, 1.82) is 0 Å². The summed E-state index contributed by atoms with van der Waals surface area (Å²) in [7, 11) is 3.83. The number of hydrogen-bond acceptors (Lipinski definition) is 4. The molecule has 0 radical (unpaired) electrons. The maximum absolute atomic E-state index is 12.0. The first kappa shape index (κ1) is 12.6. The molecular weight excluding hydrogens is 234 g/mol. The van der Waals surface area contributed by atoms with Gasteiger partial charge in [0.25, 0.3) is 0 Å². The maximum Gasteiger partial charge on any atom is 0.335 e. The molecule has 1 aromatic rings. The third kappa shape index (κ3) is 2.51. The van der Waals surface area contributed by atoms with E-state index in [-0.39, 0.29) is 23.9 Å². The van der Waals surface area contributed by atoms with Crippen LogP contribution in [0.2, 0.25) is 0 Å². The lowest BCUT2D eigenvalue weighted by atomic mass is 9.98. The van der Waals surface area contributed by atoms with E-state index in [0.717, 1.165) is 0 Å². The average molecular weight is 249 g/mol. The van der Waals surface area contributed by atoms with Crippen LogP contribution < -0.4 is 4.74 Å². The molecule has 0 saturated heterocycles. The number of hydrogen-bond donors (Lipinski definition) is 1. The molecule has 0 amide bonds. The van der Waals surface area contributed by atoms with Crippen molar-refractivity contribution in [2.75, 3.05) is 20.6 Å². The highest BCUT2D eigenvalue weighted by molar-refractivity contribution is 6.02. The first-order valence-electron chi connectivity index (χ1n) is 5.69. The molecule has 5 heteroatoms. The summed E-state index contributed by atoms with van der Waals surface area (Å²) in [6, 6.07) is 4.39. The van der Waals surface area contributed by atoms with Crippen molar-refractivity contribution in [2.45, 2.75) is 12.5 Å². The zero-order chi connectivity index (χ0) is 13.3. The number of ketones is 1. The van der Waals surface area contributed by atoms with Crippen LogP contribution in [0, 0.1) is 0 Å². The summed E-state index contributed by atoms with van der Waals surface area (Å²) in [6.45, 7) is 0.659. The fourth-order valence-electron chi connectivity index (χ4n) is 2.03. The maximum atomic E-state index is 12.0. The lowest BCUT2D eigenvalue weighted by Crippen LogP contribution is -2.35. The van der Waals surface area contributed by atoms with E-state index in [4.69, 9.17) is 9.84 Å². The highest BCUT2D eigenvalue weighted by Crippen LogP contribution is 2.28. The number of benzene rings is 1. The van der Waals surface area contributed by atoms with E-state index in [1.165, 1.54) is 12.1 Å². The summed E-state index contributed by atoms with van der Waals surface area (Å²) in [5.74, 6) is -0.629. The first-order valence-corrected chi connectivity index (χ1v) is 5.69. The van der Waals surface area contributed by atoms with Gasteiger partial charge in [-0.25, -0.2) is 4.79 Å². The van der Waals surface area contributed by atoms with Gasteiger partial charge in [-0.05, 0) is 32.3 Å². The summed E-state index contributed by atoms with van der Waals surface area (Å²) in [4.78, 5) is 24.8. The summed E-state index contributed by atoms with van der Waals surface area (Å²) in [5, 5.41) is 8.88. The van der Waals surface area contributed by atoms with Crippen molar-refractivity contribution in [1.82, 2.24) is 4.90 Å². The smallest absolute Gasteiger partial charge is 0.335 e. The molecular formula is C13H15NO4. The molecule has 18 heavy (non-hydrogen) atoms. The highest BCUT2D eigenvalue weighted by Gasteiger charge is 2.27. The second-order valence-electron chi connectivity index (χ2n) is 4.65. The van der Waals surface area contributed by atoms with Gasteiger partial charge in [-0.1, -0.05) is 0 Å². The first-order chi connectivity index (χ1) is 8.47. The van der Waals surface area contributed by atoms with Crippen LogP contribution in [0.4, 0.5) is 0 Å². The monoisotopic (exact) mass is 249 g/mol. The molecule has 2 rings (SSSR count). The van der Waals surface area contributed by atoms with Crippen LogP contribution in [0.3, 0.4) is 0 Å². The van der Waals surface area contributed by atoms with Gasteiger partial charge in [0.1, 0.15) is 11.9 Å². The number of Topliss-reactive ketones (excluding diaryl/α,β-unsaturated/α-hetero) is 1. The molecule has 1 aromatic carbocycles. The molecule has 1 N–H and O–H groups in total. The van der Waals surface area contributed by atoms with Gasteiger partial charge in [-0.3, -0.25) is 4.79 Å². The number of fused-ring (bicyclic) bond motifs is 1. The fraction of sp³-hybridized carbons (Fsp3) is 0.385. The summed E-state index contributed by atoms with van der Waals surface area (Å²) in [5.41, 5.74) is 0.474. The van der Waals surface area contributed by atoms with Crippen molar-refractivity contribution in [3.05, 3.63) is 29.3 Å². The van der Waals surface area contributed by atoms with E-state index in [0.29, 0.717) is 17.9 Å². The number of carbonyl (C=O) groups is 2. The van der Waals surface area contributed by atoms with Crippen LogP contribution in [-0.2, 0) is 0 Å². The highest BCUT2D eigenvalue weighted by atomic mass is 16.5. The van der Waals surface area contributed by atoms with Gasteiger partial charge in [0.2, 0.25) is 0 Å². The van der Waals surface area contributed by atoms with Gasteiger partial charge < -0.3 is 14.7 Å². The predicted molar refractivity (Wildman–Crippen MR) is 65.3 cm³/mol. The number of rotatable bonds is 3. The molecule has 96 valence electrons. The Morgan fingerprint density at radius 1 is 1.50 bits per heavy atom. The minimum atomic E-state index is -1.04. The number of carbonyl (C=O) groups excluding carboxylic acids is 1. The lowest BCUT2D eigenvalue weighted by molar-refractivity contribution is 0.0696. The SMILES string of the molecule is CN(C)CC1CC(=O)c2cc(C(=O)O)ccc2O1. The van der Waals surface area contributed by atoms with Crippen LogP contribution in [0.15, 0.2) is 18.2 Å². The molecule has 0 aromatic heterocycles. The minimum absolute atomic E-state index is 0.0637. The van der Waals surface area contributed by atoms with Crippen LogP contribution in [0.1, 0.15) is 27.1 Å². The number of nitrogens with zero attached hydrogens (tertiary/aromatic N) is 1. The molecule has 0 aliphatic carbocycles.